The zero-order chi connectivity index (χ0) is 18.6. The zero-order valence-corrected chi connectivity index (χ0v) is 16.3. The van der Waals surface area contributed by atoms with Gasteiger partial charge in [0.2, 0.25) is 10.0 Å². The molecule has 2 atom stereocenters. The minimum atomic E-state index is -3.19. The molecule has 0 fully saturated rings. The Labute approximate surface area is 156 Å². The molecule has 0 radical (unpaired) electrons. The summed E-state index contributed by atoms with van der Waals surface area (Å²) in [6, 6.07) is 16.5. The third kappa shape index (κ3) is 5.40. The molecule has 1 unspecified atom stereocenters. The average Bonchev–Trinajstić information content (AvgIpc) is 2.61. The van der Waals surface area contributed by atoms with Crippen LogP contribution in [0, 0.1) is 0 Å². The predicted octanol–water partition coefficient (Wildman–Crippen LogP) is 3.76. The number of rotatable bonds is 7. The van der Waals surface area contributed by atoms with Gasteiger partial charge in [-0.15, -0.1) is 0 Å². The maximum absolute atomic E-state index is 11.3. The summed E-state index contributed by atoms with van der Waals surface area (Å²) in [4.78, 5) is 0. The smallest absolute Gasteiger partial charge is 0.209 e. The molecule has 0 bridgehead atoms. The molecule has 1 N–H and O–H groups in total. The van der Waals surface area contributed by atoms with Gasteiger partial charge in [0.1, 0.15) is 0 Å². The van der Waals surface area contributed by atoms with Crippen molar-refractivity contribution in [3.05, 3.63) is 70.8 Å². The molecule has 1 heterocycles. The number of sulfonamides is 1. The van der Waals surface area contributed by atoms with Crippen molar-refractivity contribution in [1.82, 2.24) is 4.72 Å². The Balaban J connectivity index is 1.47. The molecule has 0 amide bonds. The Morgan fingerprint density at radius 3 is 2.50 bits per heavy atom. The van der Waals surface area contributed by atoms with Gasteiger partial charge in [-0.2, -0.15) is 0 Å². The van der Waals surface area contributed by atoms with Crippen LogP contribution in [-0.4, -0.2) is 20.8 Å². The summed E-state index contributed by atoms with van der Waals surface area (Å²) in [5.41, 5.74) is 4.99. The maximum Gasteiger partial charge on any atom is 0.209 e. The van der Waals surface area contributed by atoms with Gasteiger partial charge in [-0.05, 0) is 54.9 Å². The first-order chi connectivity index (χ1) is 12.4. The fourth-order valence-corrected chi connectivity index (χ4v) is 4.27. The van der Waals surface area contributed by atoms with E-state index in [1.54, 1.807) is 0 Å². The summed E-state index contributed by atoms with van der Waals surface area (Å²) in [7, 11) is -3.19. The summed E-state index contributed by atoms with van der Waals surface area (Å²) >= 11 is 0. The lowest BCUT2D eigenvalue weighted by Crippen LogP contribution is -2.25. The average molecular weight is 374 g/mol. The summed E-state index contributed by atoms with van der Waals surface area (Å²) in [5.74, 6) is 0. The van der Waals surface area contributed by atoms with E-state index in [0.717, 1.165) is 37.9 Å². The summed E-state index contributed by atoms with van der Waals surface area (Å²) in [6.07, 6.45) is 5.65. The fourth-order valence-electron chi connectivity index (χ4n) is 3.49. The van der Waals surface area contributed by atoms with Crippen LogP contribution in [0.2, 0.25) is 0 Å². The number of fused-ring (bicyclic) bond motifs is 1. The van der Waals surface area contributed by atoms with Gasteiger partial charge in [-0.3, -0.25) is 0 Å². The third-order valence-corrected chi connectivity index (χ3v) is 5.68. The molecule has 4 nitrogen and oxygen atoms in total. The second-order valence-electron chi connectivity index (χ2n) is 7.15. The molecular formula is C21H27NO3S. The van der Waals surface area contributed by atoms with E-state index in [1.165, 1.54) is 22.9 Å². The van der Waals surface area contributed by atoms with Crippen LogP contribution < -0.4 is 4.72 Å². The third-order valence-electron chi connectivity index (χ3n) is 4.90. The molecule has 0 aromatic heterocycles. The monoisotopic (exact) mass is 373 g/mol. The zero-order valence-electron chi connectivity index (χ0n) is 15.4. The number of nitrogens with one attached hydrogen (secondary N) is 1. The molecule has 26 heavy (non-hydrogen) atoms. The van der Waals surface area contributed by atoms with Gasteiger partial charge in [0.05, 0.1) is 19.0 Å². The second-order valence-corrected chi connectivity index (χ2v) is 8.93. The first-order valence-electron chi connectivity index (χ1n) is 9.15. The van der Waals surface area contributed by atoms with Crippen molar-refractivity contribution in [2.24, 2.45) is 0 Å². The molecule has 0 spiro atoms. The van der Waals surface area contributed by atoms with Crippen molar-refractivity contribution in [1.29, 1.82) is 0 Å². The van der Waals surface area contributed by atoms with E-state index in [4.69, 9.17) is 4.74 Å². The van der Waals surface area contributed by atoms with Gasteiger partial charge < -0.3 is 4.74 Å². The molecule has 0 saturated carbocycles. The highest BCUT2D eigenvalue weighted by Crippen LogP contribution is 2.23. The lowest BCUT2D eigenvalue weighted by atomic mass is 9.95. The Kier molecular flexibility index (Phi) is 6.12. The van der Waals surface area contributed by atoms with E-state index >= 15 is 0 Å². The van der Waals surface area contributed by atoms with Crippen LogP contribution in [0.4, 0.5) is 0 Å². The number of aryl methyl sites for hydroxylation is 1. The Morgan fingerprint density at radius 1 is 1.12 bits per heavy atom. The lowest BCUT2D eigenvalue weighted by Gasteiger charge is -2.25. The Bertz CT molecular complexity index is 831. The van der Waals surface area contributed by atoms with Gasteiger partial charge in [0.25, 0.3) is 0 Å². The van der Waals surface area contributed by atoms with Gasteiger partial charge in [-0.25, -0.2) is 13.1 Å². The summed E-state index contributed by atoms with van der Waals surface area (Å²) in [6.45, 7) is 2.58. The standard InChI is InChI=1S/C21H27NO3S/c1-16(22-26(2,23)24)18-12-10-17(11-13-18)6-5-9-21-14-19-7-3-4-8-20(19)15-25-21/h3-4,7-8,10-13,16,21-22H,5-6,9,14-15H2,1-2H3/t16-,21?/m1/s1. The lowest BCUT2D eigenvalue weighted by molar-refractivity contribution is 0.0221. The number of hydrogen-bond donors (Lipinski definition) is 1. The molecule has 140 valence electrons. The molecule has 3 rings (SSSR count). The van der Waals surface area contributed by atoms with Gasteiger partial charge in [-0.1, -0.05) is 48.5 Å². The van der Waals surface area contributed by atoms with Crippen molar-refractivity contribution in [3.63, 3.8) is 0 Å². The van der Waals surface area contributed by atoms with Crippen LogP contribution in [0.15, 0.2) is 48.5 Å². The van der Waals surface area contributed by atoms with Crippen molar-refractivity contribution >= 4 is 10.0 Å². The van der Waals surface area contributed by atoms with Gasteiger partial charge in [0.15, 0.2) is 0 Å². The van der Waals surface area contributed by atoms with Crippen molar-refractivity contribution < 1.29 is 13.2 Å². The highest BCUT2D eigenvalue weighted by molar-refractivity contribution is 7.88. The van der Waals surface area contributed by atoms with Gasteiger partial charge in [0, 0.05) is 6.04 Å². The van der Waals surface area contributed by atoms with Crippen LogP contribution in [0.3, 0.4) is 0 Å². The number of hydrogen-bond acceptors (Lipinski definition) is 3. The Morgan fingerprint density at radius 2 is 1.81 bits per heavy atom. The Hall–Kier alpha value is -1.69. The van der Waals surface area contributed by atoms with E-state index in [1.807, 2.05) is 19.1 Å². The number of ether oxygens (including phenoxy) is 1. The maximum atomic E-state index is 11.3. The van der Waals surface area contributed by atoms with Crippen molar-refractivity contribution in [2.45, 2.75) is 51.4 Å². The molecule has 2 aromatic rings. The van der Waals surface area contributed by atoms with Crippen LogP contribution in [0.5, 0.6) is 0 Å². The van der Waals surface area contributed by atoms with E-state index in [-0.39, 0.29) is 6.04 Å². The van der Waals surface area contributed by atoms with Crippen LogP contribution in [-0.2, 0) is 34.2 Å². The summed E-state index contributed by atoms with van der Waals surface area (Å²) in [5, 5.41) is 0. The van der Waals surface area contributed by atoms with Gasteiger partial charge >= 0.3 is 0 Å². The quantitative estimate of drug-likeness (QED) is 0.804. The van der Waals surface area contributed by atoms with E-state index in [0.29, 0.717) is 6.10 Å². The molecule has 2 aromatic carbocycles. The van der Waals surface area contributed by atoms with Crippen molar-refractivity contribution in [3.8, 4) is 0 Å². The normalized spacial score (nSPS) is 18.3. The first kappa shape index (κ1) is 19.1. The highest BCUT2D eigenvalue weighted by Gasteiger charge is 2.18. The van der Waals surface area contributed by atoms with Crippen LogP contribution in [0.1, 0.15) is 48.1 Å². The largest absolute Gasteiger partial charge is 0.373 e. The van der Waals surface area contributed by atoms with Crippen LogP contribution >= 0.6 is 0 Å². The molecule has 1 aliphatic heterocycles. The van der Waals surface area contributed by atoms with E-state index in [2.05, 4.69) is 41.1 Å². The molecular weight excluding hydrogens is 346 g/mol. The first-order valence-corrected chi connectivity index (χ1v) is 11.0. The predicted molar refractivity (Wildman–Crippen MR) is 104 cm³/mol. The molecule has 5 heteroatoms. The minimum Gasteiger partial charge on any atom is -0.373 e. The fraction of sp³-hybridized carbons (Fsp3) is 0.429. The molecule has 1 aliphatic rings. The highest BCUT2D eigenvalue weighted by atomic mass is 32.2. The topological polar surface area (TPSA) is 55.4 Å². The van der Waals surface area contributed by atoms with E-state index < -0.39 is 10.0 Å². The molecule has 0 saturated heterocycles. The number of benzene rings is 2. The molecule has 0 aliphatic carbocycles. The van der Waals surface area contributed by atoms with E-state index in [9.17, 15) is 8.42 Å². The van der Waals surface area contributed by atoms with Crippen LogP contribution in [0.25, 0.3) is 0 Å². The second kappa shape index (κ2) is 8.33. The SMILES string of the molecule is C[C@@H](NS(C)(=O)=O)c1ccc(CCCC2Cc3ccccc3CO2)cc1. The van der Waals surface area contributed by atoms with Crippen molar-refractivity contribution in [2.75, 3.05) is 6.26 Å². The minimum absolute atomic E-state index is 0.213. The summed E-state index contributed by atoms with van der Waals surface area (Å²) < 4.78 is 31.2.